The number of hydrogen-bond donors (Lipinski definition) is 1. The first-order valence-corrected chi connectivity index (χ1v) is 6.78. The lowest BCUT2D eigenvalue weighted by atomic mass is 10.0. The highest BCUT2D eigenvalue weighted by atomic mass is 16.1. The number of nitrogens with one attached hydrogen (secondary N) is 1. The van der Waals surface area contributed by atoms with Gasteiger partial charge < -0.3 is 5.32 Å². The summed E-state index contributed by atoms with van der Waals surface area (Å²) in [6, 6.07) is 14.3. The lowest BCUT2D eigenvalue weighted by Gasteiger charge is -2.09. The van der Waals surface area contributed by atoms with Gasteiger partial charge in [-0.15, -0.1) is 0 Å². The Balaban J connectivity index is 2.32. The first-order chi connectivity index (χ1) is 9.70. The smallest absolute Gasteiger partial charge is 0.269 e. The highest BCUT2D eigenvalue weighted by Gasteiger charge is 2.11. The van der Waals surface area contributed by atoms with Crippen LogP contribution in [0, 0.1) is 6.92 Å². The molecule has 0 bridgehead atoms. The van der Waals surface area contributed by atoms with Crippen LogP contribution >= 0.6 is 0 Å². The van der Waals surface area contributed by atoms with Gasteiger partial charge in [0.25, 0.3) is 5.91 Å². The molecule has 1 amide bonds. The molecular formula is C17H16N2O. The average molecular weight is 264 g/mol. The van der Waals surface area contributed by atoms with Gasteiger partial charge in [-0.2, -0.15) is 0 Å². The van der Waals surface area contributed by atoms with Crippen molar-refractivity contribution >= 4 is 27.5 Å². The van der Waals surface area contributed by atoms with Crippen LogP contribution in [0.5, 0.6) is 0 Å². The van der Waals surface area contributed by atoms with Gasteiger partial charge in [-0.25, -0.2) is 4.98 Å². The van der Waals surface area contributed by atoms with Crippen LogP contribution < -0.4 is 5.32 Å². The van der Waals surface area contributed by atoms with E-state index in [1.165, 1.54) is 5.39 Å². The Kier molecular flexibility index (Phi) is 3.11. The molecule has 100 valence electrons. The molecule has 0 aliphatic carbocycles. The number of aromatic nitrogens is 1. The topological polar surface area (TPSA) is 42.0 Å². The summed E-state index contributed by atoms with van der Waals surface area (Å²) in [5, 5.41) is 7.30. The highest BCUT2D eigenvalue weighted by molar-refractivity contribution is 6.10. The molecule has 3 nitrogen and oxygen atoms in total. The summed E-state index contributed by atoms with van der Waals surface area (Å²) in [5.41, 5.74) is 1.36. The van der Waals surface area contributed by atoms with Gasteiger partial charge in [0.2, 0.25) is 0 Å². The summed E-state index contributed by atoms with van der Waals surface area (Å²) in [4.78, 5) is 16.4. The minimum Gasteiger partial charge on any atom is -0.351 e. The second-order valence-corrected chi connectivity index (χ2v) is 4.83. The predicted molar refractivity (Wildman–Crippen MR) is 82.0 cm³/mol. The molecular weight excluding hydrogens is 248 g/mol. The Bertz CT molecular complexity index is 809. The molecule has 0 aliphatic rings. The number of aryl methyl sites for hydroxylation is 1. The van der Waals surface area contributed by atoms with Crippen LogP contribution in [0.1, 0.15) is 23.1 Å². The molecule has 0 spiro atoms. The number of pyridine rings is 1. The van der Waals surface area contributed by atoms with Gasteiger partial charge in [-0.05, 0) is 36.1 Å². The van der Waals surface area contributed by atoms with E-state index in [9.17, 15) is 4.79 Å². The van der Waals surface area contributed by atoms with E-state index < -0.39 is 0 Å². The van der Waals surface area contributed by atoms with Crippen molar-refractivity contribution in [2.45, 2.75) is 13.8 Å². The molecule has 0 saturated carbocycles. The molecule has 0 radical (unpaired) electrons. The molecule has 0 saturated heterocycles. The van der Waals surface area contributed by atoms with E-state index in [2.05, 4.69) is 34.6 Å². The first kappa shape index (κ1) is 12.6. The summed E-state index contributed by atoms with van der Waals surface area (Å²) in [6.07, 6.45) is 0. The maximum Gasteiger partial charge on any atom is 0.269 e. The molecule has 0 atom stereocenters. The van der Waals surface area contributed by atoms with Gasteiger partial charge in [0, 0.05) is 17.6 Å². The zero-order chi connectivity index (χ0) is 14.1. The Morgan fingerprint density at radius 2 is 1.90 bits per heavy atom. The van der Waals surface area contributed by atoms with Crippen molar-refractivity contribution in [3.63, 3.8) is 0 Å². The highest BCUT2D eigenvalue weighted by Crippen LogP contribution is 2.27. The quantitative estimate of drug-likeness (QED) is 0.720. The maximum absolute atomic E-state index is 12.0. The monoisotopic (exact) mass is 264 g/mol. The van der Waals surface area contributed by atoms with Gasteiger partial charge in [0.05, 0.1) is 0 Å². The number of carbonyl (C=O) groups is 1. The number of amides is 1. The van der Waals surface area contributed by atoms with Crippen LogP contribution in [0.2, 0.25) is 0 Å². The van der Waals surface area contributed by atoms with Crippen LogP contribution in [0.15, 0.2) is 42.5 Å². The zero-order valence-corrected chi connectivity index (χ0v) is 11.6. The van der Waals surface area contributed by atoms with Crippen molar-refractivity contribution in [1.82, 2.24) is 10.3 Å². The molecule has 3 rings (SSSR count). The van der Waals surface area contributed by atoms with E-state index in [4.69, 9.17) is 0 Å². The van der Waals surface area contributed by atoms with Crippen molar-refractivity contribution in [3.05, 3.63) is 53.9 Å². The van der Waals surface area contributed by atoms with Crippen LogP contribution in [-0.4, -0.2) is 17.4 Å². The third-order valence-electron chi connectivity index (χ3n) is 3.50. The van der Waals surface area contributed by atoms with E-state index in [0.717, 1.165) is 21.9 Å². The van der Waals surface area contributed by atoms with Crippen molar-refractivity contribution in [1.29, 1.82) is 0 Å². The molecule has 1 aromatic heterocycles. The predicted octanol–water partition coefficient (Wildman–Crippen LogP) is 3.45. The summed E-state index contributed by atoms with van der Waals surface area (Å²) >= 11 is 0. The van der Waals surface area contributed by atoms with E-state index in [0.29, 0.717) is 12.2 Å². The first-order valence-electron chi connectivity index (χ1n) is 6.78. The fourth-order valence-electron chi connectivity index (χ4n) is 2.54. The van der Waals surface area contributed by atoms with Gasteiger partial charge in [-0.1, -0.05) is 36.4 Å². The fourth-order valence-corrected chi connectivity index (χ4v) is 2.54. The number of rotatable bonds is 2. The summed E-state index contributed by atoms with van der Waals surface area (Å²) in [5.74, 6) is -0.120. The molecule has 2 aromatic carbocycles. The average Bonchev–Trinajstić information content (AvgIpc) is 2.47. The molecule has 0 aliphatic heterocycles. The Morgan fingerprint density at radius 3 is 2.70 bits per heavy atom. The summed E-state index contributed by atoms with van der Waals surface area (Å²) in [7, 11) is 0. The second-order valence-electron chi connectivity index (χ2n) is 4.83. The number of nitrogens with zero attached hydrogens (tertiary/aromatic N) is 1. The van der Waals surface area contributed by atoms with Crippen LogP contribution in [0.3, 0.4) is 0 Å². The third-order valence-corrected chi connectivity index (χ3v) is 3.50. The number of hydrogen-bond acceptors (Lipinski definition) is 2. The van der Waals surface area contributed by atoms with Crippen molar-refractivity contribution in [2.75, 3.05) is 6.54 Å². The molecule has 0 unspecified atom stereocenters. The largest absolute Gasteiger partial charge is 0.351 e. The lowest BCUT2D eigenvalue weighted by molar-refractivity contribution is 0.0951. The maximum atomic E-state index is 12.0. The number of fused-ring (bicyclic) bond motifs is 3. The van der Waals surface area contributed by atoms with Crippen molar-refractivity contribution in [2.24, 2.45) is 0 Å². The fraction of sp³-hybridized carbons (Fsp3) is 0.176. The standard InChI is InChI=1S/C17H16N2O/c1-3-18-17(20)16-10-15-13(11(2)19-16)9-8-12-6-4-5-7-14(12)15/h4-10H,3H2,1-2H3,(H,18,20). The molecule has 3 heteroatoms. The minimum atomic E-state index is -0.120. The molecule has 3 aromatic rings. The van der Waals surface area contributed by atoms with E-state index in [-0.39, 0.29) is 5.91 Å². The Labute approximate surface area is 117 Å². The molecule has 0 fully saturated rings. The second kappa shape index (κ2) is 4.93. The van der Waals surface area contributed by atoms with Gasteiger partial charge in [-0.3, -0.25) is 4.79 Å². The van der Waals surface area contributed by atoms with Crippen molar-refractivity contribution < 1.29 is 4.79 Å². The van der Waals surface area contributed by atoms with E-state index >= 15 is 0 Å². The zero-order valence-electron chi connectivity index (χ0n) is 11.6. The van der Waals surface area contributed by atoms with Crippen LogP contribution in [0.4, 0.5) is 0 Å². The normalized spacial score (nSPS) is 10.9. The van der Waals surface area contributed by atoms with Gasteiger partial charge >= 0.3 is 0 Å². The Hall–Kier alpha value is -2.42. The van der Waals surface area contributed by atoms with Crippen LogP contribution in [0.25, 0.3) is 21.5 Å². The lowest BCUT2D eigenvalue weighted by Crippen LogP contribution is -2.23. The van der Waals surface area contributed by atoms with E-state index in [1.54, 1.807) is 0 Å². The number of benzene rings is 2. The minimum absolute atomic E-state index is 0.120. The molecule has 1 heterocycles. The third kappa shape index (κ3) is 2.01. The molecule has 20 heavy (non-hydrogen) atoms. The number of carbonyl (C=O) groups excluding carboxylic acids is 1. The summed E-state index contributed by atoms with van der Waals surface area (Å²) < 4.78 is 0. The molecule has 1 N–H and O–H groups in total. The van der Waals surface area contributed by atoms with Gasteiger partial charge in [0.1, 0.15) is 5.69 Å². The van der Waals surface area contributed by atoms with Crippen molar-refractivity contribution in [3.8, 4) is 0 Å². The SMILES string of the molecule is CCNC(=O)c1cc2c(ccc3ccccc32)c(C)n1. The summed E-state index contributed by atoms with van der Waals surface area (Å²) in [6.45, 7) is 4.45. The Morgan fingerprint density at radius 1 is 1.10 bits per heavy atom. The van der Waals surface area contributed by atoms with Crippen LogP contribution in [-0.2, 0) is 0 Å². The van der Waals surface area contributed by atoms with Gasteiger partial charge in [0.15, 0.2) is 0 Å². The van der Waals surface area contributed by atoms with E-state index in [1.807, 2.05) is 32.0 Å².